The molecule has 3 aliphatic rings. The molecule has 3 heterocycles. The van der Waals surface area contributed by atoms with E-state index in [-0.39, 0.29) is 11.9 Å². The number of rotatable bonds is 7. The summed E-state index contributed by atoms with van der Waals surface area (Å²) >= 11 is 0. The Balaban J connectivity index is 1.17. The lowest BCUT2D eigenvalue weighted by Crippen LogP contribution is -2.36. The van der Waals surface area contributed by atoms with Crippen molar-refractivity contribution in [3.05, 3.63) is 95.1 Å². The molecule has 0 radical (unpaired) electrons. The molecule has 3 aliphatic heterocycles. The lowest BCUT2D eigenvalue weighted by atomic mass is 9.97. The number of morpholine rings is 1. The quantitative estimate of drug-likeness (QED) is 0.394. The van der Waals surface area contributed by atoms with E-state index < -0.39 is 0 Å². The van der Waals surface area contributed by atoms with Gasteiger partial charge in [-0.2, -0.15) is 0 Å². The van der Waals surface area contributed by atoms with E-state index in [0.29, 0.717) is 12.5 Å². The molecule has 7 heteroatoms. The summed E-state index contributed by atoms with van der Waals surface area (Å²) in [6, 6.07) is 26.0. The Morgan fingerprint density at radius 1 is 0.905 bits per heavy atom. The molecule has 42 heavy (non-hydrogen) atoms. The second-order valence-electron chi connectivity index (χ2n) is 11.7. The van der Waals surface area contributed by atoms with Crippen LogP contribution in [0.15, 0.2) is 78.4 Å². The summed E-state index contributed by atoms with van der Waals surface area (Å²) in [5, 5.41) is 3.18. The molecular formula is C35H42N4O3. The van der Waals surface area contributed by atoms with E-state index in [9.17, 15) is 4.79 Å². The Morgan fingerprint density at radius 2 is 1.60 bits per heavy atom. The van der Waals surface area contributed by atoms with E-state index >= 15 is 0 Å². The van der Waals surface area contributed by atoms with Gasteiger partial charge in [0.25, 0.3) is 5.91 Å². The fourth-order valence-corrected chi connectivity index (χ4v) is 6.37. The van der Waals surface area contributed by atoms with Gasteiger partial charge in [0.05, 0.1) is 19.3 Å². The first-order valence-corrected chi connectivity index (χ1v) is 15.2. The van der Waals surface area contributed by atoms with Gasteiger partial charge >= 0.3 is 0 Å². The van der Waals surface area contributed by atoms with E-state index in [1.807, 2.05) is 18.2 Å². The van der Waals surface area contributed by atoms with Crippen LogP contribution in [0.4, 0.5) is 17.1 Å². The van der Waals surface area contributed by atoms with Gasteiger partial charge in [-0.1, -0.05) is 42.5 Å². The molecule has 220 valence electrons. The highest BCUT2D eigenvalue weighted by Gasteiger charge is 2.27. The summed E-state index contributed by atoms with van der Waals surface area (Å²) in [5.74, 6) is -0.0536. The topological polar surface area (TPSA) is 57.3 Å². The fraction of sp³-hybridized carbons (Fsp3) is 0.400. The van der Waals surface area contributed by atoms with Crippen LogP contribution in [0.1, 0.15) is 42.0 Å². The molecule has 3 aromatic carbocycles. The second kappa shape index (κ2) is 13.1. The molecule has 7 nitrogen and oxygen atoms in total. The van der Waals surface area contributed by atoms with Crippen LogP contribution in [-0.4, -0.2) is 70.5 Å². The van der Waals surface area contributed by atoms with Crippen molar-refractivity contribution in [3.8, 4) is 0 Å². The Bertz CT molecular complexity index is 1380. The van der Waals surface area contributed by atoms with Crippen LogP contribution in [-0.2, 0) is 20.8 Å². The van der Waals surface area contributed by atoms with Crippen molar-refractivity contribution in [2.45, 2.75) is 37.9 Å². The average Bonchev–Trinajstić information content (AvgIpc) is 3.19. The molecule has 0 aliphatic carbocycles. The largest absolute Gasteiger partial charge is 0.381 e. The number of carbonyl (C=O) groups is 1. The Hall–Kier alpha value is -3.65. The molecule has 0 bridgehead atoms. The number of benzene rings is 3. The van der Waals surface area contributed by atoms with E-state index in [2.05, 4.69) is 94.8 Å². The second-order valence-corrected chi connectivity index (χ2v) is 11.7. The van der Waals surface area contributed by atoms with Crippen molar-refractivity contribution in [1.82, 2.24) is 4.90 Å². The summed E-state index contributed by atoms with van der Waals surface area (Å²) in [4.78, 5) is 20.8. The van der Waals surface area contributed by atoms with Crippen LogP contribution in [0.25, 0.3) is 6.08 Å². The highest BCUT2D eigenvalue weighted by molar-refractivity contribution is 6.07. The van der Waals surface area contributed by atoms with E-state index in [1.54, 1.807) is 0 Å². The van der Waals surface area contributed by atoms with Crippen molar-refractivity contribution >= 4 is 29.0 Å². The third-order valence-corrected chi connectivity index (χ3v) is 8.93. The lowest BCUT2D eigenvalue weighted by Gasteiger charge is -2.32. The maximum atomic E-state index is 13.7. The van der Waals surface area contributed by atoms with Crippen LogP contribution in [0, 0.1) is 0 Å². The zero-order valence-electron chi connectivity index (χ0n) is 24.8. The molecule has 1 unspecified atom stereocenters. The summed E-state index contributed by atoms with van der Waals surface area (Å²) in [6.45, 7) is 5.94. The van der Waals surface area contributed by atoms with E-state index in [4.69, 9.17) is 9.47 Å². The van der Waals surface area contributed by atoms with Crippen LogP contribution in [0.2, 0.25) is 0 Å². The number of para-hydroxylation sites is 1. The minimum absolute atomic E-state index is 0.0347. The minimum atomic E-state index is -0.0536. The predicted octanol–water partition coefficient (Wildman–Crippen LogP) is 5.74. The highest BCUT2D eigenvalue weighted by atomic mass is 16.5. The Labute approximate surface area is 249 Å². The zero-order chi connectivity index (χ0) is 28.9. The van der Waals surface area contributed by atoms with Crippen LogP contribution >= 0.6 is 0 Å². The molecule has 3 aromatic rings. The number of anilines is 3. The Morgan fingerprint density at radius 3 is 2.33 bits per heavy atom. The summed E-state index contributed by atoms with van der Waals surface area (Å²) in [5.41, 5.74) is 7.43. The van der Waals surface area contributed by atoms with Gasteiger partial charge in [0, 0.05) is 75.0 Å². The third kappa shape index (κ3) is 6.54. The average molecular weight is 567 g/mol. The number of nitrogens with zero attached hydrogens (tertiary/aromatic N) is 3. The molecule has 2 fully saturated rings. The molecule has 2 saturated heterocycles. The van der Waals surface area contributed by atoms with Gasteiger partial charge in [-0.25, -0.2) is 0 Å². The smallest absolute Gasteiger partial charge is 0.251 e. The van der Waals surface area contributed by atoms with Gasteiger partial charge in [-0.05, 0) is 73.0 Å². The number of ether oxygens (including phenoxy) is 2. The number of carbonyl (C=O) groups excluding carboxylic acids is 1. The number of amides is 1. The predicted molar refractivity (Wildman–Crippen MR) is 170 cm³/mol. The third-order valence-electron chi connectivity index (χ3n) is 8.93. The first-order valence-electron chi connectivity index (χ1n) is 15.2. The maximum absolute atomic E-state index is 13.7. The Kier molecular flexibility index (Phi) is 8.89. The molecule has 6 rings (SSSR count). The standard InChI is InChI=1S/C35H42N4O3/c1-37(31-15-19-41-20-16-31)25-26-7-11-30(12-8-26)36-35(40)29-23-28-5-3-4-6-33(28)38(2)34(24-29)27-9-13-32(14-10-27)39-17-21-42-22-18-39/h3-14,23,31,34H,15-22,24-25H2,1-2H3,(H,36,40). The van der Waals surface area contributed by atoms with Crippen LogP contribution in [0.3, 0.4) is 0 Å². The molecule has 0 spiro atoms. The van der Waals surface area contributed by atoms with E-state index in [1.165, 1.54) is 16.8 Å². The summed E-state index contributed by atoms with van der Waals surface area (Å²) in [6.07, 6.45) is 4.83. The SMILES string of the molecule is CN(Cc1ccc(NC(=O)C2=Cc3ccccc3N(C)C(c3ccc(N4CCOCC4)cc3)C2)cc1)C1CCOCC1. The molecule has 1 amide bonds. The van der Waals surface area contributed by atoms with Crippen molar-refractivity contribution in [2.24, 2.45) is 0 Å². The van der Waals surface area contributed by atoms with Gasteiger partial charge in [0.2, 0.25) is 0 Å². The van der Waals surface area contributed by atoms with Gasteiger partial charge < -0.3 is 24.6 Å². The number of hydrogen-bond donors (Lipinski definition) is 1. The number of nitrogens with one attached hydrogen (secondary N) is 1. The van der Waals surface area contributed by atoms with Crippen molar-refractivity contribution in [3.63, 3.8) is 0 Å². The fourth-order valence-electron chi connectivity index (χ4n) is 6.37. The normalized spacial score (nSPS) is 19.7. The van der Waals surface area contributed by atoms with Gasteiger partial charge in [-0.15, -0.1) is 0 Å². The van der Waals surface area contributed by atoms with Crippen molar-refractivity contribution in [1.29, 1.82) is 0 Å². The van der Waals surface area contributed by atoms with Crippen LogP contribution < -0.4 is 15.1 Å². The number of hydrogen-bond acceptors (Lipinski definition) is 6. The molecule has 1 N–H and O–H groups in total. The van der Waals surface area contributed by atoms with E-state index in [0.717, 1.165) is 81.4 Å². The highest BCUT2D eigenvalue weighted by Crippen LogP contribution is 2.38. The molecule has 0 aromatic heterocycles. The first-order chi connectivity index (χ1) is 20.5. The van der Waals surface area contributed by atoms with Gasteiger partial charge in [-0.3, -0.25) is 9.69 Å². The van der Waals surface area contributed by atoms with Crippen molar-refractivity contribution in [2.75, 3.05) is 68.7 Å². The maximum Gasteiger partial charge on any atom is 0.251 e. The molecular weight excluding hydrogens is 524 g/mol. The summed E-state index contributed by atoms with van der Waals surface area (Å²) in [7, 11) is 4.32. The lowest BCUT2D eigenvalue weighted by molar-refractivity contribution is -0.112. The zero-order valence-corrected chi connectivity index (χ0v) is 24.8. The molecule has 0 saturated carbocycles. The van der Waals surface area contributed by atoms with Gasteiger partial charge in [0.15, 0.2) is 0 Å². The van der Waals surface area contributed by atoms with Gasteiger partial charge in [0.1, 0.15) is 0 Å². The monoisotopic (exact) mass is 566 g/mol. The van der Waals surface area contributed by atoms with Crippen LogP contribution in [0.5, 0.6) is 0 Å². The summed E-state index contributed by atoms with van der Waals surface area (Å²) < 4.78 is 11.0. The first kappa shape index (κ1) is 28.5. The minimum Gasteiger partial charge on any atom is -0.381 e. The molecule has 1 atom stereocenters. The number of fused-ring (bicyclic) bond motifs is 1. The van der Waals surface area contributed by atoms with Crippen molar-refractivity contribution < 1.29 is 14.3 Å².